The number of hydrogen-bond acceptors (Lipinski definition) is 2. The molecule has 18 heavy (non-hydrogen) atoms. The average Bonchev–Trinajstić information content (AvgIpc) is 2.30. The van der Waals surface area contributed by atoms with Gasteiger partial charge in [-0.15, -0.1) is 0 Å². The van der Waals surface area contributed by atoms with Crippen molar-refractivity contribution >= 4 is 11.6 Å². The van der Waals surface area contributed by atoms with Crippen molar-refractivity contribution in [2.75, 3.05) is 13.2 Å². The minimum atomic E-state index is -0.383. The molecular formula is C14H21ClFNO. The topological polar surface area (TPSA) is 21.3 Å². The Morgan fingerprint density at radius 2 is 2.11 bits per heavy atom. The van der Waals surface area contributed by atoms with Gasteiger partial charge in [0, 0.05) is 19.2 Å². The number of ether oxygens (including phenoxy) is 1. The fraction of sp³-hybridized carbons (Fsp3) is 0.571. The first kappa shape index (κ1) is 15.4. The van der Waals surface area contributed by atoms with Gasteiger partial charge in [0.2, 0.25) is 0 Å². The highest BCUT2D eigenvalue weighted by molar-refractivity contribution is 6.30. The fourth-order valence-electron chi connectivity index (χ4n) is 1.74. The molecular weight excluding hydrogens is 253 g/mol. The molecule has 0 aliphatic carbocycles. The van der Waals surface area contributed by atoms with Crippen LogP contribution in [0.3, 0.4) is 0 Å². The van der Waals surface area contributed by atoms with Crippen molar-refractivity contribution in [3.05, 3.63) is 34.6 Å². The third-order valence-corrected chi connectivity index (χ3v) is 3.12. The smallest absolute Gasteiger partial charge is 0.142 e. The molecule has 0 amide bonds. The second kappa shape index (κ2) is 6.50. The van der Waals surface area contributed by atoms with Crippen molar-refractivity contribution in [3.63, 3.8) is 0 Å². The van der Waals surface area contributed by atoms with Crippen molar-refractivity contribution in [1.29, 1.82) is 0 Å². The highest BCUT2D eigenvalue weighted by atomic mass is 35.5. The lowest BCUT2D eigenvalue weighted by molar-refractivity contribution is -0.0103. The zero-order valence-electron chi connectivity index (χ0n) is 11.4. The van der Waals surface area contributed by atoms with Crippen molar-refractivity contribution in [1.82, 2.24) is 5.32 Å². The maximum absolute atomic E-state index is 13.4. The molecule has 0 saturated heterocycles. The fourth-order valence-corrected chi connectivity index (χ4v) is 1.86. The highest BCUT2D eigenvalue weighted by Crippen LogP contribution is 2.20. The third kappa shape index (κ3) is 4.56. The summed E-state index contributed by atoms with van der Waals surface area (Å²) in [6, 6.07) is 4.93. The largest absolute Gasteiger partial charge is 0.375 e. The molecule has 1 unspecified atom stereocenters. The van der Waals surface area contributed by atoms with Crippen molar-refractivity contribution < 1.29 is 9.13 Å². The molecule has 0 aliphatic rings. The Morgan fingerprint density at radius 3 is 2.67 bits per heavy atom. The van der Waals surface area contributed by atoms with Crippen LogP contribution >= 0.6 is 11.6 Å². The van der Waals surface area contributed by atoms with Crippen LogP contribution in [0.15, 0.2) is 18.2 Å². The standard InChI is InChI=1S/C14H21ClFNO/c1-5-18-14(3,4)9-17-10(2)11-6-7-12(15)13(16)8-11/h6-8,10,17H,5,9H2,1-4H3. The summed E-state index contributed by atoms with van der Waals surface area (Å²) in [5.41, 5.74) is 0.651. The van der Waals surface area contributed by atoms with E-state index in [1.165, 1.54) is 6.07 Å². The summed E-state index contributed by atoms with van der Waals surface area (Å²) in [6.45, 7) is 9.40. The van der Waals surface area contributed by atoms with Crippen LogP contribution in [0.2, 0.25) is 5.02 Å². The number of benzene rings is 1. The molecule has 102 valence electrons. The van der Waals surface area contributed by atoms with E-state index in [-0.39, 0.29) is 22.5 Å². The van der Waals surface area contributed by atoms with E-state index in [4.69, 9.17) is 16.3 Å². The lowest BCUT2D eigenvalue weighted by Crippen LogP contribution is -2.38. The molecule has 0 aliphatic heterocycles. The summed E-state index contributed by atoms with van der Waals surface area (Å²) in [4.78, 5) is 0. The Kier molecular flexibility index (Phi) is 5.57. The summed E-state index contributed by atoms with van der Waals surface area (Å²) >= 11 is 5.66. The van der Waals surface area contributed by atoms with Crippen LogP contribution in [-0.4, -0.2) is 18.8 Å². The summed E-state index contributed by atoms with van der Waals surface area (Å²) < 4.78 is 19.0. The van der Waals surface area contributed by atoms with Crippen LogP contribution in [0, 0.1) is 5.82 Å². The van der Waals surface area contributed by atoms with Gasteiger partial charge in [0.15, 0.2) is 0 Å². The zero-order chi connectivity index (χ0) is 13.8. The maximum Gasteiger partial charge on any atom is 0.142 e. The summed E-state index contributed by atoms with van der Waals surface area (Å²) in [5, 5.41) is 3.49. The van der Waals surface area contributed by atoms with E-state index >= 15 is 0 Å². The molecule has 2 nitrogen and oxygen atoms in total. The molecule has 4 heteroatoms. The van der Waals surface area contributed by atoms with E-state index in [0.29, 0.717) is 13.2 Å². The molecule has 1 rings (SSSR count). The third-order valence-electron chi connectivity index (χ3n) is 2.81. The zero-order valence-corrected chi connectivity index (χ0v) is 12.1. The van der Waals surface area contributed by atoms with Gasteiger partial charge in [0.05, 0.1) is 10.6 Å². The van der Waals surface area contributed by atoms with Gasteiger partial charge >= 0.3 is 0 Å². The number of hydrogen-bond donors (Lipinski definition) is 1. The Hall–Kier alpha value is -0.640. The quantitative estimate of drug-likeness (QED) is 0.847. The molecule has 0 radical (unpaired) electrons. The molecule has 1 aromatic rings. The minimum absolute atomic E-state index is 0.0523. The van der Waals surface area contributed by atoms with Crippen LogP contribution < -0.4 is 5.32 Å². The Balaban J connectivity index is 2.60. The van der Waals surface area contributed by atoms with Crippen LogP contribution in [-0.2, 0) is 4.74 Å². The molecule has 0 heterocycles. The number of halogens is 2. The average molecular weight is 274 g/mol. The van der Waals surface area contributed by atoms with Crippen LogP contribution in [0.1, 0.15) is 39.3 Å². The van der Waals surface area contributed by atoms with Crippen molar-refractivity contribution in [2.45, 2.75) is 39.3 Å². The Bertz CT molecular complexity index is 395. The normalized spacial score (nSPS) is 13.7. The maximum atomic E-state index is 13.4. The summed E-state index contributed by atoms with van der Waals surface area (Å²) in [5.74, 6) is -0.383. The lowest BCUT2D eigenvalue weighted by Gasteiger charge is -2.27. The molecule has 1 N–H and O–H groups in total. The van der Waals surface area contributed by atoms with E-state index in [0.717, 1.165) is 5.56 Å². The Labute approximate surface area is 113 Å². The van der Waals surface area contributed by atoms with E-state index in [9.17, 15) is 4.39 Å². The van der Waals surface area contributed by atoms with Gasteiger partial charge < -0.3 is 10.1 Å². The van der Waals surface area contributed by atoms with E-state index in [1.54, 1.807) is 6.07 Å². The van der Waals surface area contributed by atoms with E-state index < -0.39 is 0 Å². The molecule has 0 fully saturated rings. The molecule has 0 bridgehead atoms. The molecule has 1 aromatic carbocycles. The molecule has 0 spiro atoms. The SMILES string of the molecule is CCOC(C)(C)CNC(C)c1ccc(Cl)c(F)c1. The van der Waals surface area contributed by atoms with Crippen LogP contribution in [0.5, 0.6) is 0 Å². The molecule has 0 aromatic heterocycles. The van der Waals surface area contributed by atoms with Gasteiger partial charge in [-0.25, -0.2) is 4.39 Å². The van der Waals surface area contributed by atoms with Gasteiger partial charge in [0.1, 0.15) is 5.82 Å². The number of rotatable bonds is 6. The van der Waals surface area contributed by atoms with Gasteiger partial charge in [-0.3, -0.25) is 0 Å². The van der Waals surface area contributed by atoms with Crippen LogP contribution in [0.25, 0.3) is 0 Å². The second-order valence-electron chi connectivity index (χ2n) is 4.97. The summed E-state index contributed by atoms with van der Waals surface area (Å²) in [6.07, 6.45) is 0. The number of nitrogens with one attached hydrogen (secondary N) is 1. The van der Waals surface area contributed by atoms with Crippen LogP contribution in [0.4, 0.5) is 4.39 Å². The van der Waals surface area contributed by atoms with Crippen molar-refractivity contribution in [3.8, 4) is 0 Å². The van der Waals surface area contributed by atoms with Crippen molar-refractivity contribution in [2.24, 2.45) is 0 Å². The van der Waals surface area contributed by atoms with Gasteiger partial charge in [0.25, 0.3) is 0 Å². The van der Waals surface area contributed by atoms with Gasteiger partial charge in [-0.2, -0.15) is 0 Å². The van der Waals surface area contributed by atoms with Gasteiger partial charge in [-0.05, 0) is 45.4 Å². The first-order valence-electron chi connectivity index (χ1n) is 6.18. The van der Waals surface area contributed by atoms with E-state index in [1.807, 2.05) is 33.8 Å². The van der Waals surface area contributed by atoms with E-state index in [2.05, 4.69) is 5.32 Å². The first-order chi connectivity index (χ1) is 8.35. The summed E-state index contributed by atoms with van der Waals surface area (Å²) in [7, 11) is 0. The minimum Gasteiger partial charge on any atom is -0.375 e. The Morgan fingerprint density at radius 1 is 1.44 bits per heavy atom. The molecule has 1 atom stereocenters. The van der Waals surface area contributed by atoms with Gasteiger partial charge in [-0.1, -0.05) is 17.7 Å². The predicted octanol–water partition coefficient (Wildman–Crippen LogP) is 3.94. The monoisotopic (exact) mass is 273 g/mol. The lowest BCUT2D eigenvalue weighted by atomic mass is 10.1. The second-order valence-corrected chi connectivity index (χ2v) is 5.38. The predicted molar refractivity (Wildman–Crippen MR) is 73.5 cm³/mol. The highest BCUT2D eigenvalue weighted by Gasteiger charge is 2.19. The molecule has 0 saturated carbocycles. The first-order valence-corrected chi connectivity index (χ1v) is 6.56.